The van der Waals surface area contributed by atoms with E-state index in [9.17, 15) is 0 Å². The van der Waals surface area contributed by atoms with E-state index in [1.165, 1.54) is 15.6 Å². The van der Waals surface area contributed by atoms with Crippen LogP contribution in [0.15, 0.2) is 33.2 Å². The van der Waals surface area contributed by atoms with Gasteiger partial charge in [0.25, 0.3) is 0 Å². The summed E-state index contributed by atoms with van der Waals surface area (Å²) in [7, 11) is 0. The second-order valence-electron chi connectivity index (χ2n) is 4.47. The van der Waals surface area contributed by atoms with Crippen molar-refractivity contribution in [2.75, 3.05) is 6.54 Å². The molecule has 0 saturated carbocycles. The lowest BCUT2D eigenvalue weighted by Crippen LogP contribution is -2.10. The molecule has 0 aliphatic rings. The van der Waals surface area contributed by atoms with E-state index in [4.69, 9.17) is 4.42 Å². The van der Waals surface area contributed by atoms with Crippen LogP contribution in [0.5, 0.6) is 0 Å². The van der Waals surface area contributed by atoms with Gasteiger partial charge >= 0.3 is 0 Å². The Hall–Kier alpha value is -1.06. The van der Waals surface area contributed by atoms with Crippen LogP contribution in [-0.4, -0.2) is 6.54 Å². The molecule has 2 rings (SSSR count). The minimum Gasteiger partial charge on any atom is -0.460 e. The highest BCUT2D eigenvalue weighted by Gasteiger charge is 2.08. The van der Waals surface area contributed by atoms with Crippen LogP contribution in [0.4, 0.5) is 0 Å². The molecule has 96 valence electrons. The molecule has 1 N–H and O–H groups in total. The summed E-state index contributed by atoms with van der Waals surface area (Å²) < 4.78 is 7.02. The van der Waals surface area contributed by atoms with Crippen molar-refractivity contribution in [2.45, 2.75) is 27.3 Å². The Morgan fingerprint density at radius 2 is 1.83 bits per heavy atom. The number of furan rings is 1. The van der Waals surface area contributed by atoms with Gasteiger partial charge in [0.05, 0.1) is 6.54 Å². The van der Waals surface area contributed by atoms with Gasteiger partial charge in [-0.25, -0.2) is 0 Å². The molecule has 0 fully saturated rings. The van der Waals surface area contributed by atoms with Crippen molar-refractivity contribution in [1.82, 2.24) is 5.32 Å². The second kappa shape index (κ2) is 5.72. The predicted molar refractivity (Wildman–Crippen MR) is 78.7 cm³/mol. The second-order valence-corrected chi connectivity index (χ2v) is 5.26. The van der Waals surface area contributed by atoms with E-state index < -0.39 is 0 Å². The zero-order valence-electron chi connectivity index (χ0n) is 11.0. The molecule has 0 amide bonds. The minimum absolute atomic E-state index is 0.783. The molecule has 0 spiro atoms. The molecule has 0 unspecified atom stereocenters. The minimum atomic E-state index is 0.783. The quantitative estimate of drug-likeness (QED) is 0.903. The van der Waals surface area contributed by atoms with Crippen molar-refractivity contribution in [3.05, 3.63) is 45.6 Å². The smallest absolute Gasteiger partial charge is 0.134 e. The maximum Gasteiger partial charge on any atom is 0.134 e. The Morgan fingerprint density at radius 1 is 1.17 bits per heavy atom. The molecule has 1 aromatic carbocycles. The SMILES string of the molecule is CCNCc1ccc(-c2cc(C)c(Br)c(C)c2)o1. The number of rotatable bonds is 4. The molecule has 0 aliphatic heterocycles. The monoisotopic (exact) mass is 307 g/mol. The van der Waals surface area contributed by atoms with Crippen LogP contribution in [0.2, 0.25) is 0 Å². The Labute approximate surface area is 117 Å². The van der Waals surface area contributed by atoms with Gasteiger partial charge < -0.3 is 9.73 Å². The number of nitrogens with one attached hydrogen (secondary N) is 1. The fraction of sp³-hybridized carbons (Fsp3) is 0.333. The number of halogens is 1. The third-order valence-corrected chi connectivity index (χ3v) is 4.18. The summed E-state index contributed by atoms with van der Waals surface area (Å²) in [6, 6.07) is 8.36. The summed E-state index contributed by atoms with van der Waals surface area (Å²) >= 11 is 3.58. The average molecular weight is 308 g/mol. The van der Waals surface area contributed by atoms with E-state index >= 15 is 0 Å². The van der Waals surface area contributed by atoms with E-state index in [0.29, 0.717) is 0 Å². The van der Waals surface area contributed by atoms with Crippen LogP contribution < -0.4 is 5.32 Å². The molecule has 1 heterocycles. The van der Waals surface area contributed by atoms with Gasteiger partial charge in [0.1, 0.15) is 11.5 Å². The van der Waals surface area contributed by atoms with Gasteiger partial charge in [-0.05, 0) is 55.8 Å². The molecular formula is C15H18BrNO. The van der Waals surface area contributed by atoms with E-state index in [0.717, 1.165) is 30.2 Å². The lowest BCUT2D eigenvalue weighted by atomic mass is 10.1. The summed E-state index contributed by atoms with van der Waals surface area (Å²) in [5.41, 5.74) is 3.60. The highest BCUT2D eigenvalue weighted by atomic mass is 79.9. The number of benzene rings is 1. The molecule has 0 aliphatic carbocycles. The largest absolute Gasteiger partial charge is 0.460 e. The topological polar surface area (TPSA) is 25.2 Å². The normalized spacial score (nSPS) is 10.9. The zero-order valence-corrected chi connectivity index (χ0v) is 12.6. The first-order chi connectivity index (χ1) is 8.61. The number of hydrogen-bond donors (Lipinski definition) is 1. The van der Waals surface area contributed by atoms with Gasteiger partial charge in [-0.1, -0.05) is 22.9 Å². The molecule has 1 aromatic heterocycles. The Kier molecular flexibility index (Phi) is 4.25. The molecule has 0 saturated heterocycles. The van der Waals surface area contributed by atoms with Crippen LogP contribution in [0, 0.1) is 13.8 Å². The molecule has 18 heavy (non-hydrogen) atoms. The maximum absolute atomic E-state index is 5.84. The summed E-state index contributed by atoms with van der Waals surface area (Å²) in [5, 5.41) is 3.26. The Balaban J connectivity index is 2.28. The third-order valence-electron chi connectivity index (χ3n) is 2.93. The lowest BCUT2D eigenvalue weighted by Gasteiger charge is -2.06. The van der Waals surface area contributed by atoms with Crippen molar-refractivity contribution in [3.8, 4) is 11.3 Å². The summed E-state index contributed by atoms with van der Waals surface area (Å²) in [6.45, 7) is 8.02. The van der Waals surface area contributed by atoms with Crippen LogP contribution in [0.25, 0.3) is 11.3 Å². The molecular weight excluding hydrogens is 290 g/mol. The van der Waals surface area contributed by atoms with Crippen LogP contribution >= 0.6 is 15.9 Å². The molecule has 0 radical (unpaired) electrons. The summed E-state index contributed by atoms with van der Waals surface area (Å²) in [5.74, 6) is 1.91. The van der Waals surface area contributed by atoms with Gasteiger partial charge in [0.2, 0.25) is 0 Å². The Bertz CT molecular complexity index is 522. The Morgan fingerprint density at radius 3 is 2.44 bits per heavy atom. The van der Waals surface area contributed by atoms with Gasteiger partial charge in [-0.2, -0.15) is 0 Å². The highest BCUT2D eigenvalue weighted by Crippen LogP contribution is 2.29. The lowest BCUT2D eigenvalue weighted by molar-refractivity contribution is 0.498. The molecule has 0 atom stereocenters. The first kappa shape index (κ1) is 13.4. The van der Waals surface area contributed by atoms with Crippen LogP contribution in [-0.2, 0) is 6.54 Å². The first-order valence-corrected chi connectivity index (χ1v) is 6.97. The zero-order chi connectivity index (χ0) is 13.1. The molecule has 0 bridgehead atoms. The van der Waals surface area contributed by atoms with Crippen molar-refractivity contribution >= 4 is 15.9 Å². The van der Waals surface area contributed by atoms with E-state index in [1.54, 1.807) is 0 Å². The van der Waals surface area contributed by atoms with Crippen molar-refractivity contribution in [1.29, 1.82) is 0 Å². The van der Waals surface area contributed by atoms with Crippen molar-refractivity contribution < 1.29 is 4.42 Å². The predicted octanol–water partition coefficient (Wildman–Crippen LogP) is 4.44. The maximum atomic E-state index is 5.84. The van der Waals surface area contributed by atoms with Crippen LogP contribution in [0.3, 0.4) is 0 Å². The third kappa shape index (κ3) is 2.85. The van der Waals surface area contributed by atoms with E-state index in [1.807, 2.05) is 12.1 Å². The number of aryl methyl sites for hydroxylation is 2. The fourth-order valence-corrected chi connectivity index (χ4v) is 2.19. The van der Waals surface area contributed by atoms with E-state index in [-0.39, 0.29) is 0 Å². The van der Waals surface area contributed by atoms with Gasteiger partial charge in [-0.15, -0.1) is 0 Å². The molecule has 3 heteroatoms. The molecule has 2 nitrogen and oxygen atoms in total. The van der Waals surface area contributed by atoms with Crippen molar-refractivity contribution in [3.63, 3.8) is 0 Å². The summed E-state index contributed by atoms with van der Waals surface area (Å²) in [4.78, 5) is 0. The molecule has 2 aromatic rings. The van der Waals surface area contributed by atoms with Gasteiger partial charge in [-0.3, -0.25) is 0 Å². The van der Waals surface area contributed by atoms with E-state index in [2.05, 4.69) is 54.2 Å². The summed E-state index contributed by atoms with van der Waals surface area (Å²) in [6.07, 6.45) is 0. The van der Waals surface area contributed by atoms with Crippen molar-refractivity contribution in [2.24, 2.45) is 0 Å². The number of hydrogen-bond acceptors (Lipinski definition) is 2. The standard InChI is InChI=1S/C15H18BrNO/c1-4-17-9-13-5-6-14(18-13)12-7-10(2)15(16)11(3)8-12/h5-8,17H,4,9H2,1-3H3. The fourth-order valence-electron chi connectivity index (χ4n) is 1.96. The van der Waals surface area contributed by atoms with Gasteiger partial charge in [0, 0.05) is 10.0 Å². The van der Waals surface area contributed by atoms with Gasteiger partial charge in [0.15, 0.2) is 0 Å². The van der Waals surface area contributed by atoms with Crippen LogP contribution in [0.1, 0.15) is 23.8 Å². The first-order valence-electron chi connectivity index (χ1n) is 6.18. The highest BCUT2D eigenvalue weighted by molar-refractivity contribution is 9.10. The average Bonchev–Trinajstić information content (AvgIpc) is 2.81.